The van der Waals surface area contributed by atoms with E-state index in [0.717, 1.165) is 16.8 Å². The number of aromatic nitrogens is 1. The number of nitrogens with zero attached hydrogens (tertiary/aromatic N) is 2. The molecular formula is C45H36N2O. The van der Waals surface area contributed by atoms with Gasteiger partial charge in [0.05, 0.1) is 16.6 Å². The molecule has 1 aromatic heterocycles. The highest BCUT2D eigenvalue weighted by molar-refractivity contribution is 6.24. The number of aliphatic imine (C=N–C) groups is 1. The van der Waals surface area contributed by atoms with Gasteiger partial charge in [0.2, 0.25) is 5.90 Å². The van der Waals surface area contributed by atoms with Crippen molar-refractivity contribution in [3.05, 3.63) is 151 Å². The molecule has 0 unspecified atom stereocenters. The maximum Gasteiger partial charge on any atom is 0.217 e. The molecule has 232 valence electrons. The van der Waals surface area contributed by atoms with Crippen molar-refractivity contribution >= 4 is 49.2 Å². The molecule has 0 saturated heterocycles. The Kier molecular flexibility index (Phi) is 6.20. The van der Waals surface area contributed by atoms with Gasteiger partial charge in [0, 0.05) is 22.0 Å². The van der Waals surface area contributed by atoms with Crippen LogP contribution in [0.4, 0.5) is 0 Å². The Hall–Kier alpha value is -5.67. The normalized spacial score (nSPS) is 15.3. The molecule has 0 atom stereocenters. The second-order valence-electron chi connectivity index (χ2n) is 14.0. The largest absolute Gasteiger partial charge is 0.469 e. The highest BCUT2D eigenvalue weighted by Gasteiger charge is 2.45. The van der Waals surface area contributed by atoms with Crippen molar-refractivity contribution in [2.24, 2.45) is 4.99 Å². The fourth-order valence-electron chi connectivity index (χ4n) is 7.24. The maximum absolute atomic E-state index is 6.43. The molecule has 7 aromatic carbocycles. The van der Waals surface area contributed by atoms with Crippen LogP contribution in [-0.2, 0) is 4.74 Å². The average molecular weight is 621 g/mol. The molecule has 0 radical (unpaired) electrons. The predicted octanol–water partition coefficient (Wildman–Crippen LogP) is 11.8. The van der Waals surface area contributed by atoms with Crippen molar-refractivity contribution in [3.8, 4) is 27.9 Å². The minimum atomic E-state index is -0.383. The number of benzene rings is 7. The monoisotopic (exact) mass is 620 g/mol. The SMILES string of the molecule is CC1(C)N=C(c2cccc(-c3cc4c(c5ccccc35)c3ccc(-c5ccc6ccccc6c5)cc3n4-c3ccccc3)c2)OC1(C)C. The summed E-state index contributed by atoms with van der Waals surface area (Å²) in [5, 5.41) is 7.48. The molecular weight excluding hydrogens is 585 g/mol. The van der Waals surface area contributed by atoms with Gasteiger partial charge in [-0.25, -0.2) is 4.99 Å². The Morgan fingerprint density at radius 3 is 1.98 bits per heavy atom. The summed E-state index contributed by atoms with van der Waals surface area (Å²) < 4.78 is 8.87. The first kappa shape index (κ1) is 28.5. The molecule has 1 aliphatic heterocycles. The number of hydrogen-bond acceptors (Lipinski definition) is 2. The summed E-state index contributed by atoms with van der Waals surface area (Å²) in [6.45, 7) is 8.50. The van der Waals surface area contributed by atoms with Crippen molar-refractivity contribution in [2.75, 3.05) is 0 Å². The molecule has 0 N–H and O–H groups in total. The molecule has 0 spiro atoms. The van der Waals surface area contributed by atoms with E-state index in [1.807, 2.05) is 0 Å². The van der Waals surface area contributed by atoms with Crippen molar-refractivity contribution in [1.29, 1.82) is 0 Å². The summed E-state index contributed by atoms with van der Waals surface area (Å²) in [6.07, 6.45) is 0. The van der Waals surface area contributed by atoms with Crippen LogP contribution in [0, 0.1) is 0 Å². The van der Waals surface area contributed by atoms with Crippen LogP contribution in [0.3, 0.4) is 0 Å². The molecule has 0 amide bonds. The minimum Gasteiger partial charge on any atom is -0.469 e. The van der Waals surface area contributed by atoms with Crippen LogP contribution >= 0.6 is 0 Å². The molecule has 2 heterocycles. The zero-order chi connectivity index (χ0) is 32.6. The van der Waals surface area contributed by atoms with Gasteiger partial charge in [0.15, 0.2) is 0 Å². The Balaban J connectivity index is 1.31. The average Bonchev–Trinajstić information content (AvgIpc) is 3.56. The second-order valence-corrected chi connectivity index (χ2v) is 14.0. The highest BCUT2D eigenvalue weighted by atomic mass is 16.5. The molecule has 0 bridgehead atoms. The topological polar surface area (TPSA) is 26.5 Å². The van der Waals surface area contributed by atoms with E-state index in [4.69, 9.17) is 9.73 Å². The van der Waals surface area contributed by atoms with Crippen molar-refractivity contribution in [3.63, 3.8) is 0 Å². The first-order chi connectivity index (χ1) is 23.3. The number of hydrogen-bond donors (Lipinski definition) is 0. The van der Waals surface area contributed by atoms with Crippen LogP contribution in [0.1, 0.15) is 33.3 Å². The lowest BCUT2D eigenvalue weighted by atomic mass is 9.87. The van der Waals surface area contributed by atoms with E-state index >= 15 is 0 Å². The van der Waals surface area contributed by atoms with Gasteiger partial charge in [0.1, 0.15) is 5.60 Å². The fourth-order valence-corrected chi connectivity index (χ4v) is 7.24. The molecule has 0 saturated carbocycles. The first-order valence-corrected chi connectivity index (χ1v) is 16.7. The van der Waals surface area contributed by atoms with Crippen LogP contribution in [-0.4, -0.2) is 21.6 Å². The zero-order valence-corrected chi connectivity index (χ0v) is 27.7. The van der Waals surface area contributed by atoms with Crippen LogP contribution in [0.5, 0.6) is 0 Å². The Bertz CT molecular complexity index is 2590. The van der Waals surface area contributed by atoms with E-state index in [0.29, 0.717) is 5.90 Å². The summed E-state index contributed by atoms with van der Waals surface area (Å²) in [6, 6.07) is 52.9. The lowest BCUT2D eigenvalue weighted by Crippen LogP contribution is -2.41. The fraction of sp³-hybridized carbons (Fsp3) is 0.133. The van der Waals surface area contributed by atoms with Gasteiger partial charge in [0.25, 0.3) is 0 Å². The molecule has 0 aliphatic carbocycles. The quantitative estimate of drug-likeness (QED) is 0.192. The van der Waals surface area contributed by atoms with E-state index in [1.54, 1.807) is 0 Å². The third-order valence-electron chi connectivity index (χ3n) is 10.5. The van der Waals surface area contributed by atoms with E-state index < -0.39 is 0 Å². The molecule has 1 aliphatic rings. The van der Waals surface area contributed by atoms with Crippen LogP contribution in [0.15, 0.2) is 151 Å². The summed E-state index contributed by atoms with van der Waals surface area (Å²) in [4.78, 5) is 5.01. The number of ether oxygens (including phenoxy) is 1. The minimum absolute atomic E-state index is 0.313. The molecule has 3 heteroatoms. The van der Waals surface area contributed by atoms with E-state index in [1.165, 1.54) is 60.0 Å². The van der Waals surface area contributed by atoms with Crippen LogP contribution in [0.25, 0.3) is 71.3 Å². The Labute approximate surface area is 280 Å². The Morgan fingerprint density at radius 1 is 0.500 bits per heavy atom. The lowest BCUT2D eigenvalue weighted by molar-refractivity contribution is 0.0619. The predicted molar refractivity (Wildman–Crippen MR) is 202 cm³/mol. The molecule has 9 rings (SSSR count). The number of fused-ring (bicyclic) bond motifs is 6. The van der Waals surface area contributed by atoms with Gasteiger partial charge < -0.3 is 9.30 Å². The zero-order valence-electron chi connectivity index (χ0n) is 27.7. The number of para-hydroxylation sites is 1. The van der Waals surface area contributed by atoms with Gasteiger partial charge in [-0.2, -0.15) is 0 Å². The van der Waals surface area contributed by atoms with Gasteiger partial charge in [-0.15, -0.1) is 0 Å². The summed E-state index contributed by atoms with van der Waals surface area (Å²) in [5.41, 5.74) is 8.56. The smallest absolute Gasteiger partial charge is 0.217 e. The van der Waals surface area contributed by atoms with Crippen LogP contribution < -0.4 is 0 Å². The molecule has 48 heavy (non-hydrogen) atoms. The maximum atomic E-state index is 6.43. The van der Waals surface area contributed by atoms with E-state index in [2.05, 4.69) is 178 Å². The molecule has 0 fully saturated rings. The standard InChI is InChI=1S/C45H36N2O/c1-44(2)45(3,4)48-43(46-44)34-16-12-15-33(26-34)39-28-41-42(37-20-11-10-19-36(37)39)38-24-23-32(27-40(38)47(41)35-17-6-5-7-18-35)31-22-21-29-13-8-9-14-30(29)25-31/h5-28H,1-4H3. The third-order valence-corrected chi connectivity index (χ3v) is 10.5. The molecule has 3 nitrogen and oxygen atoms in total. The lowest BCUT2D eigenvalue weighted by Gasteiger charge is -2.30. The van der Waals surface area contributed by atoms with Gasteiger partial charge in [-0.05, 0) is 114 Å². The second kappa shape index (κ2) is 10.4. The van der Waals surface area contributed by atoms with Crippen molar-refractivity contribution in [1.82, 2.24) is 4.57 Å². The Morgan fingerprint density at radius 2 is 1.19 bits per heavy atom. The number of rotatable bonds is 4. The summed E-state index contributed by atoms with van der Waals surface area (Å²) >= 11 is 0. The van der Waals surface area contributed by atoms with Crippen molar-refractivity contribution in [2.45, 2.75) is 38.8 Å². The van der Waals surface area contributed by atoms with Gasteiger partial charge >= 0.3 is 0 Å². The van der Waals surface area contributed by atoms with Crippen molar-refractivity contribution < 1.29 is 4.74 Å². The summed E-state index contributed by atoms with van der Waals surface area (Å²) in [5.74, 6) is 0.705. The third kappa shape index (κ3) is 4.38. The van der Waals surface area contributed by atoms with E-state index in [-0.39, 0.29) is 11.1 Å². The van der Waals surface area contributed by atoms with E-state index in [9.17, 15) is 0 Å². The van der Waals surface area contributed by atoms with Crippen LogP contribution in [0.2, 0.25) is 0 Å². The first-order valence-electron chi connectivity index (χ1n) is 16.7. The van der Waals surface area contributed by atoms with Gasteiger partial charge in [-0.3, -0.25) is 0 Å². The highest BCUT2D eigenvalue weighted by Crippen LogP contribution is 2.43. The molecule has 8 aromatic rings. The summed E-state index contributed by atoms with van der Waals surface area (Å²) in [7, 11) is 0. The van der Waals surface area contributed by atoms with Gasteiger partial charge in [-0.1, -0.05) is 103 Å².